The number of benzene rings is 2. The molecule has 146 valence electrons. The van der Waals surface area contributed by atoms with Gasteiger partial charge in [-0.25, -0.2) is 4.98 Å². The number of hydrogen-bond acceptors (Lipinski definition) is 5. The number of ether oxygens (including phenoxy) is 3. The van der Waals surface area contributed by atoms with Crippen LogP contribution in [0.15, 0.2) is 66.9 Å². The maximum atomic E-state index is 5.89. The monoisotopic (exact) mass is 378 g/mol. The van der Waals surface area contributed by atoms with Gasteiger partial charge in [0.15, 0.2) is 11.5 Å². The van der Waals surface area contributed by atoms with Crippen molar-refractivity contribution in [1.29, 1.82) is 0 Å². The first-order chi connectivity index (χ1) is 13.8. The normalized spacial score (nSPS) is 10.4. The molecule has 5 heteroatoms. The minimum absolute atomic E-state index is 0.444. The lowest BCUT2D eigenvalue weighted by Crippen LogP contribution is -2.10. The van der Waals surface area contributed by atoms with Crippen LogP contribution in [0.25, 0.3) is 0 Å². The molecule has 0 atom stereocenters. The maximum Gasteiger partial charge on any atom is 0.161 e. The highest BCUT2D eigenvalue weighted by molar-refractivity contribution is 5.44. The summed E-state index contributed by atoms with van der Waals surface area (Å²) in [7, 11) is 0. The summed E-state index contributed by atoms with van der Waals surface area (Å²) in [5, 5.41) is 3.30. The Morgan fingerprint density at radius 1 is 0.821 bits per heavy atom. The van der Waals surface area contributed by atoms with E-state index in [-0.39, 0.29) is 0 Å². The van der Waals surface area contributed by atoms with E-state index in [4.69, 9.17) is 14.2 Å². The molecule has 2 aromatic carbocycles. The second kappa shape index (κ2) is 10.2. The van der Waals surface area contributed by atoms with Gasteiger partial charge in [0.2, 0.25) is 0 Å². The van der Waals surface area contributed by atoms with E-state index in [0.717, 1.165) is 34.2 Å². The highest BCUT2D eigenvalue weighted by Crippen LogP contribution is 2.29. The summed E-state index contributed by atoms with van der Waals surface area (Å²) < 4.78 is 17.4. The Bertz CT molecular complexity index is 869. The third-order valence-electron chi connectivity index (χ3n) is 4.14. The first kappa shape index (κ1) is 19.5. The van der Waals surface area contributed by atoms with Gasteiger partial charge in [0.25, 0.3) is 0 Å². The number of anilines is 1. The van der Waals surface area contributed by atoms with Gasteiger partial charge in [0.05, 0.1) is 6.61 Å². The molecule has 5 nitrogen and oxygen atoms in total. The summed E-state index contributed by atoms with van der Waals surface area (Å²) in [5.41, 5.74) is 2.21. The van der Waals surface area contributed by atoms with Crippen LogP contribution in [0, 0.1) is 6.92 Å². The zero-order valence-corrected chi connectivity index (χ0v) is 16.4. The van der Waals surface area contributed by atoms with Gasteiger partial charge in [-0.15, -0.1) is 0 Å². The second-order valence-electron chi connectivity index (χ2n) is 6.25. The fourth-order valence-corrected chi connectivity index (χ4v) is 2.73. The zero-order valence-electron chi connectivity index (χ0n) is 16.4. The summed E-state index contributed by atoms with van der Waals surface area (Å²) in [6.45, 7) is 6.14. The molecule has 0 saturated heterocycles. The Kier molecular flexibility index (Phi) is 7.13. The smallest absolute Gasteiger partial charge is 0.161 e. The number of pyridine rings is 1. The van der Waals surface area contributed by atoms with Gasteiger partial charge in [-0.3, -0.25) is 0 Å². The van der Waals surface area contributed by atoms with Gasteiger partial charge >= 0.3 is 0 Å². The third-order valence-corrected chi connectivity index (χ3v) is 4.14. The molecular formula is C23H26N2O3. The van der Waals surface area contributed by atoms with Crippen molar-refractivity contribution in [3.8, 4) is 17.2 Å². The number of nitrogens with zero attached hydrogens (tertiary/aromatic N) is 1. The Hall–Kier alpha value is -3.21. The topological polar surface area (TPSA) is 52.6 Å². The molecule has 3 aromatic rings. The molecule has 3 rings (SSSR count). The quantitative estimate of drug-likeness (QED) is 0.511. The molecular weight excluding hydrogens is 352 g/mol. The Morgan fingerprint density at radius 2 is 1.61 bits per heavy atom. The van der Waals surface area contributed by atoms with E-state index in [1.165, 1.54) is 0 Å². The Morgan fingerprint density at radius 3 is 2.36 bits per heavy atom. The van der Waals surface area contributed by atoms with Crippen molar-refractivity contribution in [2.24, 2.45) is 0 Å². The minimum atomic E-state index is 0.444. The number of hydrogen-bond donors (Lipinski definition) is 1. The van der Waals surface area contributed by atoms with E-state index in [2.05, 4.69) is 10.3 Å². The van der Waals surface area contributed by atoms with Crippen molar-refractivity contribution in [2.45, 2.75) is 20.4 Å². The lowest BCUT2D eigenvalue weighted by atomic mass is 10.2. The van der Waals surface area contributed by atoms with Crippen LogP contribution in [0.4, 0.5) is 5.82 Å². The molecule has 1 heterocycles. The molecule has 0 bridgehead atoms. The summed E-state index contributed by atoms with van der Waals surface area (Å²) in [4.78, 5) is 4.27. The molecule has 0 aliphatic heterocycles. The van der Waals surface area contributed by atoms with Gasteiger partial charge in [-0.2, -0.15) is 0 Å². The summed E-state index contributed by atoms with van der Waals surface area (Å²) in [6, 6.07) is 19.7. The molecule has 0 amide bonds. The summed E-state index contributed by atoms with van der Waals surface area (Å²) >= 11 is 0. The number of rotatable bonds is 10. The highest BCUT2D eigenvalue weighted by atomic mass is 16.5. The highest BCUT2D eigenvalue weighted by Gasteiger charge is 2.07. The van der Waals surface area contributed by atoms with Gasteiger partial charge in [0.1, 0.15) is 24.8 Å². The van der Waals surface area contributed by atoms with Gasteiger partial charge < -0.3 is 19.5 Å². The van der Waals surface area contributed by atoms with E-state index in [1.54, 1.807) is 6.20 Å². The van der Waals surface area contributed by atoms with E-state index >= 15 is 0 Å². The van der Waals surface area contributed by atoms with Gasteiger partial charge in [-0.1, -0.05) is 30.3 Å². The molecule has 0 unspecified atom stereocenters. The van der Waals surface area contributed by atoms with Crippen LogP contribution in [-0.2, 0) is 6.54 Å². The van der Waals surface area contributed by atoms with Crippen molar-refractivity contribution < 1.29 is 14.2 Å². The van der Waals surface area contributed by atoms with Crippen LogP contribution in [0.2, 0.25) is 0 Å². The standard InChI is InChI=1S/C23H26N2O3/c1-3-26-22-16-19(17-25-23-10-6-7-13-24-23)11-12-21(22)28-15-14-27-20-9-5-4-8-18(20)2/h4-13,16H,3,14-15,17H2,1-2H3,(H,24,25). The Balaban J connectivity index is 1.55. The number of para-hydroxylation sites is 1. The zero-order chi connectivity index (χ0) is 19.6. The number of nitrogens with one attached hydrogen (secondary N) is 1. The molecule has 1 aromatic heterocycles. The fourth-order valence-electron chi connectivity index (χ4n) is 2.73. The molecule has 0 spiro atoms. The van der Waals surface area contributed by atoms with Crippen LogP contribution in [0.1, 0.15) is 18.1 Å². The van der Waals surface area contributed by atoms with E-state index < -0.39 is 0 Å². The molecule has 28 heavy (non-hydrogen) atoms. The summed E-state index contributed by atoms with van der Waals surface area (Å²) in [5.74, 6) is 3.18. The van der Waals surface area contributed by atoms with Crippen LogP contribution < -0.4 is 19.5 Å². The fraction of sp³-hybridized carbons (Fsp3) is 0.261. The van der Waals surface area contributed by atoms with E-state index in [1.807, 2.05) is 74.5 Å². The maximum absolute atomic E-state index is 5.89. The van der Waals surface area contributed by atoms with E-state index in [0.29, 0.717) is 26.4 Å². The number of aromatic nitrogens is 1. The van der Waals surface area contributed by atoms with Crippen LogP contribution in [-0.4, -0.2) is 24.8 Å². The van der Waals surface area contributed by atoms with Crippen LogP contribution in [0.3, 0.4) is 0 Å². The van der Waals surface area contributed by atoms with Crippen molar-refractivity contribution in [3.05, 3.63) is 78.0 Å². The molecule has 0 radical (unpaired) electrons. The number of aryl methyl sites for hydroxylation is 1. The lowest BCUT2D eigenvalue weighted by molar-refractivity contribution is 0.207. The molecule has 0 fully saturated rings. The molecule has 0 saturated carbocycles. The molecule has 1 N–H and O–H groups in total. The van der Waals surface area contributed by atoms with Crippen LogP contribution in [0.5, 0.6) is 17.2 Å². The van der Waals surface area contributed by atoms with E-state index in [9.17, 15) is 0 Å². The van der Waals surface area contributed by atoms with Crippen LogP contribution >= 0.6 is 0 Å². The average Bonchev–Trinajstić information content (AvgIpc) is 2.73. The first-order valence-corrected chi connectivity index (χ1v) is 9.48. The third kappa shape index (κ3) is 5.64. The summed E-state index contributed by atoms with van der Waals surface area (Å²) in [6.07, 6.45) is 1.77. The predicted octanol–water partition coefficient (Wildman–Crippen LogP) is 4.86. The van der Waals surface area contributed by atoms with Gasteiger partial charge in [0, 0.05) is 12.7 Å². The van der Waals surface area contributed by atoms with Crippen molar-refractivity contribution >= 4 is 5.82 Å². The molecule has 0 aliphatic rings. The first-order valence-electron chi connectivity index (χ1n) is 9.48. The lowest BCUT2D eigenvalue weighted by Gasteiger charge is -2.15. The predicted molar refractivity (Wildman–Crippen MR) is 111 cm³/mol. The Labute approximate surface area is 166 Å². The van der Waals surface area contributed by atoms with Crippen molar-refractivity contribution in [1.82, 2.24) is 4.98 Å². The van der Waals surface area contributed by atoms with Crippen molar-refractivity contribution in [3.63, 3.8) is 0 Å². The van der Waals surface area contributed by atoms with Gasteiger partial charge in [-0.05, 0) is 55.3 Å². The van der Waals surface area contributed by atoms with Crippen molar-refractivity contribution in [2.75, 3.05) is 25.1 Å². The molecule has 0 aliphatic carbocycles. The SMILES string of the molecule is CCOc1cc(CNc2ccccn2)ccc1OCCOc1ccccc1C. The average molecular weight is 378 g/mol. The second-order valence-corrected chi connectivity index (χ2v) is 6.25. The largest absolute Gasteiger partial charge is 0.490 e. The minimum Gasteiger partial charge on any atom is -0.490 e.